The second-order valence-electron chi connectivity index (χ2n) is 6.22. The van der Waals surface area contributed by atoms with E-state index in [4.69, 9.17) is 0 Å². The van der Waals surface area contributed by atoms with Crippen molar-refractivity contribution in [2.75, 3.05) is 29.0 Å². The fraction of sp³-hybridized carbons (Fsp3) is 0.286. The molecule has 0 aliphatic heterocycles. The van der Waals surface area contributed by atoms with Gasteiger partial charge < -0.3 is 21.3 Å². The van der Waals surface area contributed by atoms with Gasteiger partial charge >= 0.3 is 0 Å². The van der Waals surface area contributed by atoms with Crippen molar-refractivity contribution in [3.05, 3.63) is 54.1 Å². The zero-order valence-corrected chi connectivity index (χ0v) is 16.2. The first-order valence-electron chi connectivity index (χ1n) is 9.33. The summed E-state index contributed by atoms with van der Waals surface area (Å²) in [7, 11) is 0. The van der Waals surface area contributed by atoms with Crippen LogP contribution in [-0.4, -0.2) is 30.8 Å². The molecule has 0 aliphatic rings. The maximum atomic E-state index is 12.2. The molecule has 2 aromatic rings. The molecule has 0 spiro atoms. The van der Waals surface area contributed by atoms with Crippen LogP contribution in [0.25, 0.3) is 0 Å². The minimum Gasteiger partial charge on any atom is -0.376 e. The van der Waals surface area contributed by atoms with Gasteiger partial charge in [0.25, 0.3) is 5.91 Å². The monoisotopic (exact) mass is 382 g/mol. The number of anilines is 3. The van der Waals surface area contributed by atoms with E-state index in [0.717, 1.165) is 12.1 Å². The zero-order valence-electron chi connectivity index (χ0n) is 16.2. The summed E-state index contributed by atoms with van der Waals surface area (Å²) in [6, 6.07) is 14.0. The molecule has 0 unspecified atom stereocenters. The molecule has 0 saturated heterocycles. The van der Waals surface area contributed by atoms with Crippen LogP contribution in [0.3, 0.4) is 0 Å². The molecule has 0 radical (unpaired) electrons. The molecule has 0 aliphatic carbocycles. The Bertz CT molecular complexity index is 836. The molecule has 0 heterocycles. The Morgan fingerprint density at radius 3 is 2.18 bits per heavy atom. The molecule has 148 valence electrons. The van der Waals surface area contributed by atoms with E-state index in [1.54, 1.807) is 49.4 Å². The molecular formula is C21H26N4O3. The van der Waals surface area contributed by atoms with Crippen LogP contribution in [0.15, 0.2) is 48.5 Å². The van der Waals surface area contributed by atoms with Crippen molar-refractivity contribution in [1.82, 2.24) is 5.32 Å². The van der Waals surface area contributed by atoms with Crippen molar-refractivity contribution in [3.63, 3.8) is 0 Å². The van der Waals surface area contributed by atoms with E-state index in [-0.39, 0.29) is 24.3 Å². The first kappa shape index (κ1) is 21.0. The van der Waals surface area contributed by atoms with E-state index in [1.807, 2.05) is 13.0 Å². The highest BCUT2D eigenvalue weighted by Gasteiger charge is 2.08. The van der Waals surface area contributed by atoms with Gasteiger partial charge in [-0.2, -0.15) is 0 Å². The van der Waals surface area contributed by atoms with Crippen LogP contribution in [0.1, 0.15) is 37.0 Å². The third kappa shape index (κ3) is 6.75. The summed E-state index contributed by atoms with van der Waals surface area (Å²) < 4.78 is 0. The molecule has 28 heavy (non-hydrogen) atoms. The SMILES string of the molecule is CCCNC(=O)c1cccc(NC(=O)CNc2cccc(NC(=O)CC)c2)c1. The highest BCUT2D eigenvalue weighted by molar-refractivity contribution is 5.98. The molecule has 0 bridgehead atoms. The fourth-order valence-electron chi connectivity index (χ4n) is 2.42. The van der Waals surface area contributed by atoms with E-state index in [1.165, 1.54) is 0 Å². The molecule has 7 nitrogen and oxygen atoms in total. The van der Waals surface area contributed by atoms with Crippen molar-refractivity contribution >= 4 is 34.8 Å². The van der Waals surface area contributed by atoms with Crippen LogP contribution in [0.4, 0.5) is 17.1 Å². The minimum atomic E-state index is -0.242. The highest BCUT2D eigenvalue weighted by Crippen LogP contribution is 2.15. The Kier molecular flexibility index (Phi) is 8.02. The highest BCUT2D eigenvalue weighted by atomic mass is 16.2. The largest absolute Gasteiger partial charge is 0.376 e. The molecule has 2 rings (SSSR count). The summed E-state index contributed by atoms with van der Waals surface area (Å²) in [6.45, 7) is 4.43. The number of hydrogen-bond donors (Lipinski definition) is 4. The lowest BCUT2D eigenvalue weighted by Crippen LogP contribution is -2.25. The third-order valence-corrected chi connectivity index (χ3v) is 3.86. The molecule has 7 heteroatoms. The van der Waals surface area contributed by atoms with Gasteiger partial charge in [0.05, 0.1) is 6.54 Å². The van der Waals surface area contributed by atoms with Crippen molar-refractivity contribution in [2.24, 2.45) is 0 Å². The van der Waals surface area contributed by atoms with Crippen molar-refractivity contribution < 1.29 is 14.4 Å². The molecule has 0 atom stereocenters. The quantitative estimate of drug-likeness (QED) is 0.535. The number of benzene rings is 2. The van der Waals surface area contributed by atoms with Gasteiger partial charge in [-0.05, 0) is 42.8 Å². The number of carbonyl (C=O) groups excluding carboxylic acids is 3. The lowest BCUT2D eigenvalue weighted by Gasteiger charge is -2.10. The zero-order chi connectivity index (χ0) is 20.4. The van der Waals surface area contributed by atoms with Crippen LogP contribution in [0.5, 0.6) is 0 Å². The minimum absolute atomic E-state index is 0.0530. The molecule has 0 saturated carbocycles. The topological polar surface area (TPSA) is 99.3 Å². The van der Waals surface area contributed by atoms with Crippen molar-refractivity contribution in [2.45, 2.75) is 26.7 Å². The van der Waals surface area contributed by atoms with Crippen LogP contribution in [0.2, 0.25) is 0 Å². The summed E-state index contributed by atoms with van der Waals surface area (Å²) in [5.74, 6) is -0.478. The summed E-state index contributed by atoms with van der Waals surface area (Å²) >= 11 is 0. The Hall–Kier alpha value is -3.35. The van der Waals surface area contributed by atoms with Gasteiger partial charge in [-0.1, -0.05) is 26.0 Å². The summed E-state index contributed by atoms with van der Waals surface area (Å²) in [6.07, 6.45) is 1.26. The van der Waals surface area contributed by atoms with Crippen LogP contribution >= 0.6 is 0 Å². The predicted molar refractivity (Wildman–Crippen MR) is 112 cm³/mol. The number of hydrogen-bond acceptors (Lipinski definition) is 4. The smallest absolute Gasteiger partial charge is 0.251 e. The average molecular weight is 382 g/mol. The van der Waals surface area contributed by atoms with Gasteiger partial charge in [0.1, 0.15) is 0 Å². The van der Waals surface area contributed by atoms with Gasteiger partial charge in [-0.3, -0.25) is 14.4 Å². The van der Waals surface area contributed by atoms with E-state index in [9.17, 15) is 14.4 Å². The maximum absolute atomic E-state index is 12.2. The number of carbonyl (C=O) groups is 3. The van der Waals surface area contributed by atoms with Crippen molar-refractivity contribution in [3.8, 4) is 0 Å². The summed E-state index contributed by atoms with van der Waals surface area (Å²) in [5.41, 5.74) is 2.44. The fourth-order valence-corrected chi connectivity index (χ4v) is 2.42. The molecule has 2 aromatic carbocycles. The number of amides is 3. The number of nitrogens with one attached hydrogen (secondary N) is 4. The lowest BCUT2D eigenvalue weighted by molar-refractivity contribution is -0.116. The van der Waals surface area contributed by atoms with E-state index >= 15 is 0 Å². The standard InChI is InChI=1S/C21H26N4O3/c1-3-11-22-21(28)15-7-5-9-17(12-15)25-20(27)14-23-16-8-6-10-18(13-16)24-19(26)4-2/h5-10,12-13,23H,3-4,11,14H2,1-2H3,(H,22,28)(H,24,26)(H,25,27). The van der Waals surface area contributed by atoms with Gasteiger partial charge in [0, 0.05) is 35.6 Å². The Labute approximate surface area is 164 Å². The van der Waals surface area contributed by atoms with Gasteiger partial charge in [0.2, 0.25) is 11.8 Å². The van der Waals surface area contributed by atoms with Crippen LogP contribution < -0.4 is 21.3 Å². The summed E-state index contributed by atoms with van der Waals surface area (Å²) in [4.78, 5) is 35.7. The first-order valence-corrected chi connectivity index (χ1v) is 9.33. The lowest BCUT2D eigenvalue weighted by atomic mass is 10.2. The average Bonchev–Trinajstić information content (AvgIpc) is 2.71. The van der Waals surface area contributed by atoms with Gasteiger partial charge in [0.15, 0.2) is 0 Å². The van der Waals surface area contributed by atoms with Gasteiger partial charge in [-0.25, -0.2) is 0 Å². The van der Waals surface area contributed by atoms with Crippen molar-refractivity contribution in [1.29, 1.82) is 0 Å². The Balaban J connectivity index is 1.90. The normalized spacial score (nSPS) is 10.1. The van der Waals surface area contributed by atoms with Crippen LogP contribution in [0, 0.1) is 0 Å². The second kappa shape index (κ2) is 10.7. The maximum Gasteiger partial charge on any atom is 0.251 e. The Morgan fingerprint density at radius 2 is 1.46 bits per heavy atom. The molecule has 0 fully saturated rings. The molecular weight excluding hydrogens is 356 g/mol. The second-order valence-corrected chi connectivity index (χ2v) is 6.22. The summed E-state index contributed by atoms with van der Waals surface area (Å²) in [5, 5.41) is 11.4. The van der Waals surface area contributed by atoms with Crippen LogP contribution in [-0.2, 0) is 9.59 Å². The molecule has 0 aromatic heterocycles. The Morgan fingerprint density at radius 1 is 0.821 bits per heavy atom. The predicted octanol–water partition coefficient (Wildman–Crippen LogP) is 3.23. The van der Waals surface area contributed by atoms with E-state index in [0.29, 0.717) is 29.9 Å². The molecule has 3 amide bonds. The van der Waals surface area contributed by atoms with E-state index < -0.39 is 0 Å². The van der Waals surface area contributed by atoms with E-state index in [2.05, 4.69) is 21.3 Å². The third-order valence-electron chi connectivity index (χ3n) is 3.86. The molecule has 4 N–H and O–H groups in total. The first-order chi connectivity index (χ1) is 13.5. The van der Waals surface area contributed by atoms with Gasteiger partial charge in [-0.15, -0.1) is 0 Å². The number of rotatable bonds is 9.